The summed E-state index contributed by atoms with van der Waals surface area (Å²) in [6.45, 7) is 15.6. The average molecular weight is 197 g/mol. The summed E-state index contributed by atoms with van der Waals surface area (Å²) in [6, 6.07) is 0.440. The van der Waals surface area contributed by atoms with Gasteiger partial charge in [0.2, 0.25) is 0 Å². The van der Waals surface area contributed by atoms with Crippen LogP contribution in [0.4, 0.5) is 0 Å². The molecule has 1 N–H and O–H groups in total. The van der Waals surface area contributed by atoms with Crippen molar-refractivity contribution in [2.24, 2.45) is 17.8 Å². The summed E-state index contributed by atoms with van der Waals surface area (Å²) in [5.74, 6) is 2.25. The van der Waals surface area contributed by atoms with Crippen molar-refractivity contribution in [3.8, 4) is 0 Å². The first-order chi connectivity index (χ1) is 6.40. The normalized spacial score (nSPS) is 14.1. The zero-order chi connectivity index (χ0) is 11.3. The second-order valence-corrected chi connectivity index (χ2v) is 5.02. The largest absolute Gasteiger partial charge is 0.314 e. The molecule has 0 saturated carbocycles. The first-order valence-electron chi connectivity index (χ1n) is 5.75. The number of hydrogen-bond acceptors (Lipinski definition) is 1. The van der Waals surface area contributed by atoms with Gasteiger partial charge in [-0.3, -0.25) is 0 Å². The van der Waals surface area contributed by atoms with Crippen LogP contribution in [0.25, 0.3) is 0 Å². The Bertz CT molecular complexity index is 162. The molecule has 14 heavy (non-hydrogen) atoms. The van der Waals surface area contributed by atoms with E-state index in [-0.39, 0.29) is 0 Å². The minimum Gasteiger partial charge on any atom is -0.314 e. The minimum atomic E-state index is 0.440. The van der Waals surface area contributed by atoms with Crippen molar-refractivity contribution in [3.05, 3.63) is 12.2 Å². The van der Waals surface area contributed by atoms with Crippen molar-refractivity contribution < 1.29 is 0 Å². The van der Waals surface area contributed by atoms with E-state index in [9.17, 15) is 0 Å². The summed E-state index contributed by atoms with van der Waals surface area (Å²) in [5, 5.41) is 3.25. The molecule has 1 atom stereocenters. The van der Waals surface area contributed by atoms with E-state index in [0.29, 0.717) is 6.04 Å². The van der Waals surface area contributed by atoms with Crippen LogP contribution in [0.3, 0.4) is 0 Å². The third-order valence-corrected chi connectivity index (χ3v) is 3.26. The van der Waals surface area contributed by atoms with E-state index in [1.807, 2.05) is 7.05 Å². The Morgan fingerprint density at radius 3 is 1.79 bits per heavy atom. The Balaban J connectivity index is 4.24. The van der Waals surface area contributed by atoms with Crippen LogP contribution in [0.15, 0.2) is 12.2 Å². The van der Waals surface area contributed by atoms with Gasteiger partial charge in [-0.15, -0.1) is 0 Å². The first kappa shape index (κ1) is 13.7. The van der Waals surface area contributed by atoms with Crippen LogP contribution in [0, 0.1) is 17.8 Å². The summed E-state index contributed by atoms with van der Waals surface area (Å²) in [5.41, 5.74) is 1.33. The maximum absolute atomic E-state index is 4.17. The number of likely N-dealkylation sites (N-methyl/N-ethyl adjacent to an activating group) is 1. The van der Waals surface area contributed by atoms with Crippen molar-refractivity contribution in [2.75, 3.05) is 7.05 Å². The maximum Gasteiger partial charge on any atom is 0.0245 e. The van der Waals surface area contributed by atoms with Crippen LogP contribution in [-0.2, 0) is 0 Å². The second-order valence-electron chi connectivity index (χ2n) is 5.02. The molecule has 0 amide bonds. The van der Waals surface area contributed by atoms with Gasteiger partial charge in [-0.1, -0.05) is 39.8 Å². The van der Waals surface area contributed by atoms with Gasteiger partial charge in [-0.05, 0) is 38.1 Å². The van der Waals surface area contributed by atoms with E-state index in [1.165, 1.54) is 5.57 Å². The number of nitrogens with one attached hydrogen (secondary N) is 1. The fourth-order valence-electron chi connectivity index (χ4n) is 1.92. The third-order valence-electron chi connectivity index (χ3n) is 3.26. The van der Waals surface area contributed by atoms with Gasteiger partial charge in [-0.25, -0.2) is 0 Å². The molecule has 0 fully saturated rings. The zero-order valence-electron chi connectivity index (χ0n) is 10.7. The van der Waals surface area contributed by atoms with Crippen molar-refractivity contribution in [3.63, 3.8) is 0 Å². The molecule has 0 aromatic carbocycles. The Morgan fingerprint density at radius 2 is 1.50 bits per heavy atom. The molecule has 84 valence electrons. The summed E-state index contributed by atoms with van der Waals surface area (Å²) in [4.78, 5) is 0. The Kier molecular flexibility index (Phi) is 6.10. The van der Waals surface area contributed by atoms with Crippen LogP contribution in [0.1, 0.15) is 41.0 Å². The minimum absolute atomic E-state index is 0.440. The fourth-order valence-corrected chi connectivity index (χ4v) is 1.92. The molecule has 0 rings (SSSR count). The lowest BCUT2D eigenvalue weighted by Crippen LogP contribution is -2.26. The highest BCUT2D eigenvalue weighted by Gasteiger charge is 2.19. The molecule has 0 saturated heterocycles. The van der Waals surface area contributed by atoms with Crippen molar-refractivity contribution in [2.45, 2.75) is 47.1 Å². The summed E-state index contributed by atoms with van der Waals surface area (Å²) in [7, 11) is 2.00. The van der Waals surface area contributed by atoms with E-state index in [0.717, 1.165) is 24.2 Å². The molecule has 0 radical (unpaired) electrons. The lowest BCUT2D eigenvalue weighted by Gasteiger charge is -2.27. The SMILES string of the molecule is C=C(CC(C(C)C)C(C)C)C(C)NC. The molecule has 1 unspecified atom stereocenters. The highest BCUT2D eigenvalue weighted by molar-refractivity contribution is 5.04. The predicted octanol–water partition coefficient (Wildman–Crippen LogP) is 3.47. The van der Waals surface area contributed by atoms with Crippen molar-refractivity contribution >= 4 is 0 Å². The van der Waals surface area contributed by atoms with Gasteiger partial charge in [0.15, 0.2) is 0 Å². The van der Waals surface area contributed by atoms with Crippen molar-refractivity contribution in [1.82, 2.24) is 5.32 Å². The highest BCUT2D eigenvalue weighted by atomic mass is 14.9. The number of rotatable bonds is 6. The average Bonchev–Trinajstić information content (AvgIpc) is 2.11. The molecule has 1 heteroatoms. The van der Waals surface area contributed by atoms with Crippen LogP contribution >= 0.6 is 0 Å². The Morgan fingerprint density at radius 1 is 1.07 bits per heavy atom. The van der Waals surface area contributed by atoms with Crippen LogP contribution < -0.4 is 5.32 Å². The molecule has 0 aliphatic carbocycles. The molecular formula is C13H27N. The van der Waals surface area contributed by atoms with E-state index in [2.05, 4.69) is 46.5 Å². The van der Waals surface area contributed by atoms with Gasteiger partial charge in [0.05, 0.1) is 0 Å². The molecular weight excluding hydrogens is 170 g/mol. The van der Waals surface area contributed by atoms with Crippen molar-refractivity contribution in [1.29, 1.82) is 0 Å². The topological polar surface area (TPSA) is 12.0 Å². The van der Waals surface area contributed by atoms with Gasteiger partial charge in [-0.2, -0.15) is 0 Å². The van der Waals surface area contributed by atoms with E-state index in [4.69, 9.17) is 0 Å². The van der Waals surface area contributed by atoms with Gasteiger partial charge >= 0.3 is 0 Å². The predicted molar refractivity (Wildman–Crippen MR) is 65.4 cm³/mol. The monoisotopic (exact) mass is 197 g/mol. The highest BCUT2D eigenvalue weighted by Crippen LogP contribution is 2.27. The van der Waals surface area contributed by atoms with Crippen LogP contribution in [-0.4, -0.2) is 13.1 Å². The standard InChI is InChI=1S/C13H27N/c1-9(2)13(10(3)4)8-11(5)12(6)14-7/h9-10,12-14H,5,8H2,1-4,6-7H3. The fraction of sp³-hybridized carbons (Fsp3) is 0.846. The van der Waals surface area contributed by atoms with Gasteiger partial charge in [0.25, 0.3) is 0 Å². The van der Waals surface area contributed by atoms with Gasteiger partial charge in [0, 0.05) is 6.04 Å². The van der Waals surface area contributed by atoms with E-state index in [1.54, 1.807) is 0 Å². The molecule has 0 aromatic rings. The number of hydrogen-bond donors (Lipinski definition) is 1. The molecule has 0 spiro atoms. The maximum atomic E-state index is 4.17. The lowest BCUT2D eigenvalue weighted by molar-refractivity contribution is 0.281. The summed E-state index contributed by atoms with van der Waals surface area (Å²) >= 11 is 0. The molecule has 1 nitrogen and oxygen atoms in total. The van der Waals surface area contributed by atoms with Gasteiger partial charge in [0.1, 0.15) is 0 Å². The molecule has 0 aliphatic rings. The molecule has 0 heterocycles. The Hall–Kier alpha value is -0.300. The van der Waals surface area contributed by atoms with Crippen LogP contribution in [0.5, 0.6) is 0 Å². The van der Waals surface area contributed by atoms with Gasteiger partial charge < -0.3 is 5.32 Å². The van der Waals surface area contributed by atoms with E-state index >= 15 is 0 Å². The van der Waals surface area contributed by atoms with E-state index < -0.39 is 0 Å². The smallest absolute Gasteiger partial charge is 0.0245 e. The first-order valence-corrected chi connectivity index (χ1v) is 5.75. The quantitative estimate of drug-likeness (QED) is 0.643. The second kappa shape index (κ2) is 6.23. The molecule has 0 aromatic heterocycles. The van der Waals surface area contributed by atoms with Crippen LogP contribution in [0.2, 0.25) is 0 Å². The third kappa shape index (κ3) is 4.28. The molecule has 0 aliphatic heterocycles. The molecule has 0 bridgehead atoms. The summed E-state index contributed by atoms with van der Waals surface area (Å²) in [6.07, 6.45) is 1.15. The lowest BCUT2D eigenvalue weighted by atomic mass is 9.80. The Labute approximate surface area is 90.0 Å². The summed E-state index contributed by atoms with van der Waals surface area (Å²) < 4.78 is 0. The zero-order valence-corrected chi connectivity index (χ0v) is 10.7.